The van der Waals surface area contributed by atoms with Crippen molar-refractivity contribution in [3.8, 4) is 0 Å². The van der Waals surface area contributed by atoms with Gasteiger partial charge in [0.1, 0.15) is 5.82 Å². The Morgan fingerprint density at radius 1 is 1.50 bits per heavy atom. The standard InChI is InChI=1S/C14H19FN2O/c1-17(14(18)10-16-13-5-6-13)8-7-11-3-2-4-12(15)9-11/h2-4,9,13,16H,5-8,10H2,1H3. The van der Waals surface area contributed by atoms with Crippen molar-refractivity contribution < 1.29 is 9.18 Å². The molecule has 1 fully saturated rings. The van der Waals surface area contributed by atoms with Gasteiger partial charge in [-0.05, 0) is 37.0 Å². The highest BCUT2D eigenvalue weighted by molar-refractivity contribution is 5.78. The molecule has 0 heterocycles. The largest absolute Gasteiger partial charge is 0.344 e. The lowest BCUT2D eigenvalue weighted by Crippen LogP contribution is -2.37. The summed E-state index contributed by atoms with van der Waals surface area (Å²) in [5, 5.41) is 3.19. The van der Waals surface area contributed by atoms with Gasteiger partial charge < -0.3 is 10.2 Å². The Bertz CT molecular complexity index is 418. The van der Waals surface area contributed by atoms with E-state index in [-0.39, 0.29) is 11.7 Å². The van der Waals surface area contributed by atoms with E-state index in [0.717, 1.165) is 5.56 Å². The van der Waals surface area contributed by atoms with Crippen molar-refractivity contribution in [3.63, 3.8) is 0 Å². The molecule has 0 spiro atoms. The number of amides is 1. The van der Waals surface area contributed by atoms with E-state index in [9.17, 15) is 9.18 Å². The Balaban J connectivity index is 1.72. The van der Waals surface area contributed by atoms with Crippen LogP contribution in [-0.2, 0) is 11.2 Å². The van der Waals surface area contributed by atoms with Crippen molar-refractivity contribution in [2.24, 2.45) is 0 Å². The van der Waals surface area contributed by atoms with Crippen LogP contribution >= 0.6 is 0 Å². The van der Waals surface area contributed by atoms with E-state index in [0.29, 0.717) is 25.6 Å². The number of hydrogen-bond donors (Lipinski definition) is 1. The van der Waals surface area contributed by atoms with E-state index in [2.05, 4.69) is 5.32 Å². The highest BCUT2D eigenvalue weighted by atomic mass is 19.1. The molecule has 0 bridgehead atoms. The molecular weight excluding hydrogens is 231 g/mol. The van der Waals surface area contributed by atoms with Crippen molar-refractivity contribution in [1.29, 1.82) is 0 Å². The molecule has 1 aliphatic carbocycles. The monoisotopic (exact) mass is 250 g/mol. The summed E-state index contributed by atoms with van der Waals surface area (Å²) < 4.78 is 13.0. The molecule has 98 valence electrons. The molecule has 0 atom stereocenters. The molecule has 0 unspecified atom stereocenters. The molecule has 0 aromatic heterocycles. The molecule has 0 radical (unpaired) electrons. The van der Waals surface area contributed by atoms with Gasteiger partial charge in [-0.25, -0.2) is 4.39 Å². The fraction of sp³-hybridized carbons (Fsp3) is 0.500. The van der Waals surface area contributed by atoms with Gasteiger partial charge in [0.25, 0.3) is 0 Å². The molecule has 3 nitrogen and oxygen atoms in total. The summed E-state index contributed by atoms with van der Waals surface area (Å²) in [6.07, 6.45) is 3.05. The van der Waals surface area contributed by atoms with Gasteiger partial charge in [0.15, 0.2) is 0 Å². The molecule has 1 aliphatic rings. The third-order valence-corrected chi connectivity index (χ3v) is 3.17. The van der Waals surface area contributed by atoms with Crippen LogP contribution in [0.1, 0.15) is 18.4 Å². The second kappa shape index (κ2) is 5.96. The Labute approximate surface area is 107 Å². The van der Waals surface area contributed by atoms with E-state index in [1.165, 1.54) is 25.0 Å². The molecule has 0 aliphatic heterocycles. The maximum absolute atomic E-state index is 13.0. The average molecular weight is 250 g/mol. The first-order chi connectivity index (χ1) is 8.65. The number of nitrogens with zero attached hydrogens (tertiary/aromatic N) is 1. The number of rotatable bonds is 6. The normalized spacial score (nSPS) is 14.6. The lowest BCUT2D eigenvalue weighted by molar-refractivity contribution is -0.128. The second-order valence-corrected chi connectivity index (χ2v) is 4.85. The molecule has 18 heavy (non-hydrogen) atoms. The summed E-state index contributed by atoms with van der Waals surface area (Å²) in [4.78, 5) is 13.4. The van der Waals surface area contributed by atoms with Crippen LogP contribution in [0.4, 0.5) is 4.39 Å². The quantitative estimate of drug-likeness (QED) is 0.831. The Morgan fingerprint density at radius 2 is 2.28 bits per heavy atom. The average Bonchev–Trinajstić information content (AvgIpc) is 3.17. The van der Waals surface area contributed by atoms with Gasteiger partial charge in [-0.3, -0.25) is 4.79 Å². The Morgan fingerprint density at radius 3 is 2.94 bits per heavy atom. The molecular formula is C14H19FN2O. The van der Waals surface area contributed by atoms with Gasteiger partial charge in [0.05, 0.1) is 6.54 Å². The zero-order valence-electron chi connectivity index (χ0n) is 10.7. The van der Waals surface area contributed by atoms with Gasteiger partial charge in [0.2, 0.25) is 5.91 Å². The van der Waals surface area contributed by atoms with Crippen LogP contribution in [0.3, 0.4) is 0 Å². The summed E-state index contributed by atoms with van der Waals surface area (Å²) in [6, 6.07) is 7.06. The maximum atomic E-state index is 13.0. The number of halogens is 1. The number of nitrogens with one attached hydrogen (secondary N) is 1. The van der Waals surface area contributed by atoms with E-state index in [1.807, 2.05) is 6.07 Å². The SMILES string of the molecule is CN(CCc1cccc(F)c1)C(=O)CNC1CC1. The van der Waals surface area contributed by atoms with Crippen LogP contribution in [0.2, 0.25) is 0 Å². The first kappa shape index (κ1) is 13.0. The van der Waals surface area contributed by atoms with Gasteiger partial charge in [0, 0.05) is 19.6 Å². The molecule has 1 aromatic carbocycles. The molecule has 2 rings (SSSR count). The summed E-state index contributed by atoms with van der Waals surface area (Å²) >= 11 is 0. The number of likely N-dealkylation sites (N-methyl/N-ethyl adjacent to an activating group) is 1. The highest BCUT2D eigenvalue weighted by Crippen LogP contribution is 2.18. The summed E-state index contributed by atoms with van der Waals surface area (Å²) in [7, 11) is 1.79. The van der Waals surface area contributed by atoms with Gasteiger partial charge in [-0.2, -0.15) is 0 Å². The minimum Gasteiger partial charge on any atom is -0.344 e. The number of carbonyl (C=O) groups excluding carboxylic acids is 1. The van der Waals surface area contributed by atoms with Crippen molar-refractivity contribution in [2.45, 2.75) is 25.3 Å². The zero-order valence-corrected chi connectivity index (χ0v) is 10.7. The predicted octanol–water partition coefficient (Wildman–Crippen LogP) is 1.58. The fourth-order valence-electron chi connectivity index (χ4n) is 1.77. The molecule has 1 amide bonds. The van der Waals surface area contributed by atoms with Gasteiger partial charge in [-0.1, -0.05) is 12.1 Å². The topological polar surface area (TPSA) is 32.3 Å². The number of benzene rings is 1. The van der Waals surface area contributed by atoms with Crippen molar-refractivity contribution >= 4 is 5.91 Å². The summed E-state index contributed by atoms with van der Waals surface area (Å²) in [6.45, 7) is 1.03. The van der Waals surface area contributed by atoms with Gasteiger partial charge >= 0.3 is 0 Å². The first-order valence-corrected chi connectivity index (χ1v) is 6.37. The van der Waals surface area contributed by atoms with Crippen LogP contribution < -0.4 is 5.32 Å². The minimum absolute atomic E-state index is 0.0957. The van der Waals surface area contributed by atoms with E-state index in [4.69, 9.17) is 0 Å². The van der Waals surface area contributed by atoms with Crippen LogP contribution in [0.5, 0.6) is 0 Å². The fourth-order valence-corrected chi connectivity index (χ4v) is 1.77. The molecule has 1 N–H and O–H groups in total. The van der Waals surface area contributed by atoms with E-state index >= 15 is 0 Å². The highest BCUT2D eigenvalue weighted by Gasteiger charge is 2.21. The molecule has 1 aromatic rings. The third-order valence-electron chi connectivity index (χ3n) is 3.17. The lowest BCUT2D eigenvalue weighted by atomic mass is 10.1. The third kappa shape index (κ3) is 4.11. The zero-order chi connectivity index (χ0) is 13.0. The van der Waals surface area contributed by atoms with Crippen LogP contribution in [0.15, 0.2) is 24.3 Å². The van der Waals surface area contributed by atoms with Crippen molar-refractivity contribution in [1.82, 2.24) is 10.2 Å². The number of carbonyl (C=O) groups is 1. The Hall–Kier alpha value is -1.42. The first-order valence-electron chi connectivity index (χ1n) is 6.37. The summed E-state index contributed by atoms with van der Waals surface area (Å²) in [5.41, 5.74) is 0.921. The van der Waals surface area contributed by atoms with Gasteiger partial charge in [-0.15, -0.1) is 0 Å². The van der Waals surface area contributed by atoms with Crippen LogP contribution in [0, 0.1) is 5.82 Å². The minimum atomic E-state index is -0.225. The van der Waals surface area contributed by atoms with Crippen molar-refractivity contribution in [3.05, 3.63) is 35.6 Å². The predicted molar refractivity (Wildman–Crippen MR) is 68.8 cm³/mol. The van der Waals surface area contributed by atoms with Crippen LogP contribution in [0.25, 0.3) is 0 Å². The molecule has 1 saturated carbocycles. The molecule has 0 saturated heterocycles. The van der Waals surface area contributed by atoms with E-state index < -0.39 is 0 Å². The van der Waals surface area contributed by atoms with Crippen molar-refractivity contribution in [2.75, 3.05) is 20.1 Å². The summed E-state index contributed by atoms with van der Waals surface area (Å²) in [5.74, 6) is -0.129. The molecule has 4 heteroatoms. The van der Waals surface area contributed by atoms with Crippen LogP contribution in [-0.4, -0.2) is 37.0 Å². The second-order valence-electron chi connectivity index (χ2n) is 4.85. The maximum Gasteiger partial charge on any atom is 0.236 e. The van der Waals surface area contributed by atoms with E-state index in [1.54, 1.807) is 18.0 Å². The number of hydrogen-bond acceptors (Lipinski definition) is 2. The smallest absolute Gasteiger partial charge is 0.236 e. The Kier molecular flexibility index (Phi) is 4.31. The lowest BCUT2D eigenvalue weighted by Gasteiger charge is -2.17.